The smallest absolute Gasteiger partial charge is 0.337 e. The Labute approximate surface area is 169 Å². The quantitative estimate of drug-likeness (QED) is 0.681. The summed E-state index contributed by atoms with van der Waals surface area (Å²) in [6.45, 7) is 5.66. The molecule has 0 saturated carbocycles. The Hall–Kier alpha value is -3.16. The van der Waals surface area contributed by atoms with Crippen LogP contribution in [-0.2, 0) is 17.7 Å². The van der Waals surface area contributed by atoms with Crippen molar-refractivity contribution in [2.45, 2.75) is 32.7 Å². The number of methoxy groups -OCH3 is 1. The van der Waals surface area contributed by atoms with Crippen LogP contribution in [0.15, 0.2) is 18.2 Å². The molecule has 3 aromatic rings. The van der Waals surface area contributed by atoms with Crippen LogP contribution in [-0.4, -0.2) is 53.7 Å². The minimum Gasteiger partial charge on any atom is -0.465 e. The third-order valence-corrected chi connectivity index (χ3v) is 5.22. The summed E-state index contributed by atoms with van der Waals surface area (Å²) in [5, 5.41) is 1.04. The molecule has 1 aliphatic rings. The van der Waals surface area contributed by atoms with Gasteiger partial charge in [0.1, 0.15) is 5.82 Å². The van der Waals surface area contributed by atoms with Crippen molar-refractivity contribution in [1.29, 1.82) is 0 Å². The third kappa shape index (κ3) is 3.50. The van der Waals surface area contributed by atoms with Gasteiger partial charge in [-0.2, -0.15) is 15.0 Å². The van der Waals surface area contributed by atoms with E-state index in [-0.39, 0.29) is 11.9 Å². The molecule has 1 aromatic carbocycles. The number of hydrogen-bond donors (Lipinski definition) is 1. The SMILES string of the molecule is COC(=O)c1ccc2[nH]c3c(c2c1)CN(c1nc(C(C)C)nc(N(C)C)n1)CC3. The average molecular weight is 394 g/mol. The van der Waals surface area contributed by atoms with Crippen molar-refractivity contribution in [3.05, 3.63) is 40.8 Å². The van der Waals surface area contributed by atoms with Crippen molar-refractivity contribution in [2.75, 3.05) is 37.5 Å². The van der Waals surface area contributed by atoms with Crippen LogP contribution in [0.1, 0.15) is 47.2 Å². The lowest BCUT2D eigenvalue weighted by Gasteiger charge is -2.28. The summed E-state index contributed by atoms with van der Waals surface area (Å²) >= 11 is 0. The highest BCUT2D eigenvalue weighted by atomic mass is 16.5. The van der Waals surface area contributed by atoms with Crippen molar-refractivity contribution < 1.29 is 9.53 Å². The highest BCUT2D eigenvalue weighted by molar-refractivity contribution is 5.96. The molecule has 8 nitrogen and oxygen atoms in total. The number of esters is 1. The van der Waals surface area contributed by atoms with E-state index in [1.165, 1.54) is 18.4 Å². The van der Waals surface area contributed by atoms with Gasteiger partial charge in [-0.1, -0.05) is 13.8 Å². The number of ether oxygens (including phenoxy) is 1. The number of hydrogen-bond acceptors (Lipinski definition) is 7. The third-order valence-electron chi connectivity index (χ3n) is 5.22. The van der Waals surface area contributed by atoms with E-state index in [1.54, 1.807) is 6.07 Å². The first-order chi connectivity index (χ1) is 13.9. The van der Waals surface area contributed by atoms with Crippen LogP contribution in [0.2, 0.25) is 0 Å². The normalized spacial score (nSPS) is 13.7. The molecule has 0 unspecified atom stereocenters. The van der Waals surface area contributed by atoms with E-state index >= 15 is 0 Å². The predicted molar refractivity (Wildman–Crippen MR) is 113 cm³/mol. The lowest BCUT2D eigenvalue weighted by molar-refractivity contribution is 0.0601. The first-order valence-corrected chi connectivity index (χ1v) is 9.77. The van der Waals surface area contributed by atoms with Gasteiger partial charge in [-0.25, -0.2) is 4.79 Å². The molecule has 0 fully saturated rings. The molecule has 1 N–H and O–H groups in total. The molecule has 0 radical (unpaired) electrons. The molecule has 0 amide bonds. The van der Waals surface area contributed by atoms with Gasteiger partial charge in [0.15, 0.2) is 0 Å². The van der Waals surface area contributed by atoms with Crippen LogP contribution in [0.5, 0.6) is 0 Å². The second-order valence-electron chi connectivity index (χ2n) is 7.85. The van der Waals surface area contributed by atoms with Gasteiger partial charge in [0.25, 0.3) is 0 Å². The molecule has 0 saturated heterocycles. The van der Waals surface area contributed by atoms with Gasteiger partial charge >= 0.3 is 5.97 Å². The number of carbonyl (C=O) groups excluding carboxylic acids is 1. The Morgan fingerprint density at radius 2 is 2.03 bits per heavy atom. The van der Waals surface area contributed by atoms with Gasteiger partial charge in [-0.05, 0) is 18.2 Å². The van der Waals surface area contributed by atoms with Gasteiger partial charge in [0.05, 0.1) is 12.7 Å². The minimum atomic E-state index is -0.329. The predicted octanol–water partition coefficient (Wildman–Crippen LogP) is 2.89. The van der Waals surface area contributed by atoms with E-state index in [1.807, 2.05) is 31.1 Å². The monoisotopic (exact) mass is 394 g/mol. The van der Waals surface area contributed by atoms with Gasteiger partial charge in [0, 0.05) is 61.7 Å². The lowest BCUT2D eigenvalue weighted by Crippen LogP contribution is -2.32. The first kappa shape index (κ1) is 19.2. The fourth-order valence-electron chi connectivity index (χ4n) is 3.60. The molecule has 0 spiro atoms. The Balaban J connectivity index is 1.74. The van der Waals surface area contributed by atoms with Crippen LogP contribution in [0.4, 0.5) is 11.9 Å². The van der Waals surface area contributed by atoms with Crippen molar-refractivity contribution in [3.63, 3.8) is 0 Å². The lowest BCUT2D eigenvalue weighted by atomic mass is 10.0. The highest BCUT2D eigenvalue weighted by Gasteiger charge is 2.24. The summed E-state index contributed by atoms with van der Waals surface area (Å²) in [7, 11) is 5.27. The number of anilines is 2. The Morgan fingerprint density at radius 1 is 1.24 bits per heavy atom. The van der Waals surface area contributed by atoms with E-state index in [0.29, 0.717) is 24.0 Å². The second kappa shape index (κ2) is 7.35. The summed E-state index contributed by atoms with van der Waals surface area (Å²) in [5.41, 5.74) is 3.95. The highest BCUT2D eigenvalue weighted by Crippen LogP contribution is 2.30. The number of fused-ring (bicyclic) bond motifs is 3. The standard InChI is InChI=1S/C21H26N6O2/c1-12(2)18-23-20(26(3)4)25-21(24-18)27-9-8-17-15(11-27)14-10-13(19(28)29-5)6-7-16(14)22-17/h6-7,10,12,22H,8-9,11H2,1-5H3. The summed E-state index contributed by atoms with van der Waals surface area (Å²) in [6, 6.07) is 5.63. The van der Waals surface area contributed by atoms with E-state index < -0.39 is 0 Å². The molecular weight excluding hydrogens is 368 g/mol. The number of nitrogens with zero attached hydrogens (tertiary/aromatic N) is 5. The number of rotatable bonds is 4. The molecule has 8 heteroatoms. The molecule has 3 heterocycles. The van der Waals surface area contributed by atoms with Crippen LogP contribution in [0, 0.1) is 0 Å². The largest absolute Gasteiger partial charge is 0.465 e. The summed E-state index contributed by atoms with van der Waals surface area (Å²) in [6.07, 6.45) is 0.859. The Kier molecular flexibility index (Phi) is 4.86. The topological polar surface area (TPSA) is 87.2 Å². The maximum absolute atomic E-state index is 12.0. The van der Waals surface area contributed by atoms with Crippen LogP contribution < -0.4 is 9.80 Å². The van der Waals surface area contributed by atoms with Crippen LogP contribution in [0.3, 0.4) is 0 Å². The van der Waals surface area contributed by atoms with Gasteiger partial charge in [-0.3, -0.25) is 0 Å². The summed E-state index contributed by atoms with van der Waals surface area (Å²) in [5.74, 6) is 2.03. The number of carbonyl (C=O) groups is 1. The average Bonchev–Trinajstić information content (AvgIpc) is 3.09. The molecule has 152 valence electrons. The zero-order chi connectivity index (χ0) is 20.7. The van der Waals surface area contributed by atoms with E-state index in [0.717, 1.165) is 29.7 Å². The zero-order valence-electron chi connectivity index (χ0n) is 17.5. The summed E-state index contributed by atoms with van der Waals surface area (Å²) in [4.78, 5) is 33.5. The van der Waals surface area contributed by atoms with E-state index in [2.05, 4.69) is 33.7 Å². The molecule has 0 atom stereocenters. The maximum atomic E-state index is 12.0. The maximum Gasteiger partial charge on any atom is 0.337 e. The minimum absolute atomic E-state index is 0.214. The zero-order valence-corrected chi connectivity index (χ0v) is 17.5. The fraction of sp³-hybridized carbons (Fsp3) is 0.429. The number of nitrogens with one attached hydrogen (secondary N) is 1. The number of benzene rings is 1. The van der Waals surface area contributed by atoms with Crippen LogP contribution >= 0.6 is 0 Å². The molecule has 29 heavy (non-hydrogen) atoms. The van der Waals surface area contributed by atoms with E-state index in [9.17, 15) is 4.79 Å². The number of aromatic nitrogens is 4. The Bertz CT molecular complexity index is 1050. The molecule has 0 aliphatic carbocycles. The number of aromatic amines is 1. The molecule has 1 aliphatic heterocycles. The van der Waals surface area contributed by atoms with Crippen LogP contribution in [0.25, 0.3) is 10.9 Å². The van der Waals surface area contributed by atoms with E-state index in [4.69, 9.17) is 9.72 Å². The van der Waals surface area contributed by atoms with Gasteiger partial charge in [0.2, 0.25) is 11.9 Å². The van der Waals surface area contributed by atoms with Gasteiger partial charge < -0.3 is 19.5 Å². The molecule has 0 bridgehead atoms. The molecular formula is C21H26N6O2. The first-order valence-electron chi connectivity index (χ1n) is 9.77. The van der Waals surface area contributed by atoms with Crippen molar-refractivity contribution in [1.82, 2.24) is 19.9 Å². The summed E-state index contributed by atoms with van der Waals surface area (Å²) < 4.78 is 4.88. The van der Waals surface area contributed by atoms with Crippen molar-refractivity contribution >= 4 is 28.8 Å². The van der Waals surface area contributed by atoms with Gasteiger partial charge in [-0.15, -0.1) is 0 Å². The van der Waals surface area contributed by atoms with Crippen molar-refractivity contribution in [2.24, 2.45) is 0 Å². The molecule has 4 rings (SSSR count). The fourth-order valence-corrected chi connectivity index (χ4v) is 3.60. The van der Waals surface area contributed by atoms with Crippen molar-refractivity contribution in [3.8, 4) is 0 Å². The second-order valence-corrected chi connectivity index (χ2v) is 7.85. The number of H-pyrrole nitrogens is 1. The Morgan fingerprint density at radius 3 is 2.72 bits per heavy atom. The molecule has 2 aromatic heterocycles.